The standard InChI is InChI=1S/C22H19N2O.BrH/c25-22(21-11-10-19-8-4-5-9-20(19)14-21)16-24-13-12-23(17-24)15-18-6-2-1-3-7-18;/h1-14,17H,15-16H2;1H/q+1;/p-1. The van der Waals surface area contributed by atoms with Gasteiger partial charge in [-0.05, 0) is 22.4 Å². The Labute approximate surface area is 163 Å². The smallest absolute Gasteiger partial charge is 0.244 e. The van der Waals surface area contributed by atoms with Crippen LogP contribution in [0.15, 0.2) is 91.5 Å². The minimum atomic E-state index is 0. The number of halogens is 1. The molecule has 3 aromatic carbocycles. The van der Waals surface area contributed by atoms with Gasteiger partial charge in [-0.15, -0.1) is 0 Å². The summed E-state index contributed by atoms with van der Waals surface area (Å²) in [5.41, 5.74) is 1.99. The van der Waals surface area contributed by atoms with Gasteiger partial charge in [0, 0.05) is 5.56 Å². The predicted octanol–water partition coefficient (Wildman–Crippen LogP) is 0.864. The van der Waals surface area contributed by atoms with Crippen LogP contribution in [0.5, 0.6) is 0 Å². The van der Waals surface area contributed by atoms with Crippen molar-refractivity contribution >= 4 is 16.6 Å². The van der Waals surface area contributed by atoms with Crippen LogP contribution >= 0.6 is 0 Å². The number of imidazole rings is 1. The van der Waals surface area contributed by atoms with Crippen LogP contribution in [-0.2, 0) is 13.1 Å². The average Bonchev–Trinajstić information content (AvgIpc) is 3.09. The second kappa shape index (κ2) is 8.11. The molecule has 0 saturated carbocycles. The lowest BCUT2D eigenvalue weighted by atomic mass is 10.0. The fourth-order valence-electron chi connectivity index (χ4n) is 3.04. The Kier molecular flexibility index (Phi) is 5.64. The number of nitrogens with zero attached hydrogens (tertiary/aromatic N) is 2. The number of benzene rings is 3. The van der Waals surface area contributed by atoms with Crippen LogP contribution in [0.1, 0.15) is 15.9 Å². The lowest BCUT2D eigenvalue weighted by Gasteiger charge is -2.02. The van der Waals surface area contributed by atoms with Crippen molar-refractivity contribution in [3.05, 3.63) is 103 Å². The predicted molar refractivity (Wildman–Crippen MR) is 98.4 cm³/mol. The summed E-state index contributed by atoms with van der Waals surface area (Å²) in [6, 6.07) is 24.3. The Bertz CT molecular complexity index is 1020. The number of aromatic nitrogens is 2. The van der Waals surface area contributed by atoms with E-state index in [0.29, 0.717) is 6.54 Å². The highest BCUT2D eigenvalue weighted by Crippen LogP contribution is 2.16. The number of carbonyl (C=O) groups is 1. The number of fused-ring (bicyclic) bond motifs is 1. The van der Waals surface area contributed by atoms with E-state index in [1.165, 1.54) is 5.56 Å². The SMILES string of the molecule is O=C(C[n+]1ccn(Cc2ccccc2)c1)c1ccc2ccccc2c1.[Br-]. The summed E-state index contributed by atoms with van der Waals surface area (Å²) in [5, 5.41) is 2.25. The van der Waals surface area contributed by atoms with Gasteiger partial charge in [0.2, 0.25) is 12.1 Å². The van der Waals surface area contributed by atoms with Crippen molar-refractivity contribution in [2.45, 2.75) is 13.1 Å². The molecule has 0 saturated heterocycles. The molecule has 4 aromatic rings. The second-order valence-corrected chi connectivity index (χ2v) is 6.23. The van der Waals surface area contributed by atoms with Crippen LogP contribution in [0.3, 0.4) is 0 Å². The highest BCUT2D eigenvalue weighted by molar-refractivity contribution is 5.99. The zero-order chi connectivity index (χ0) is 17.1. The average molecular weight is 407 g/mol. The van der Waals surface area contributed by atoms with Crippen LogP contribution in [0.2, 0.25) is 0 Å². The molecule has 0 aliphatic carbocycles. The van der Waals surface area contributed by atoms with E-state index in [9.17, 15) is 4.79 Å². The first-order valence-electron chi connectivity index (χ1n) is 8.39. The van der Waals surface area contributed by atoms with E-state index in [1.54, 1.807) is 0 Å². The van der Waals surface area contributed by atoms with Crippen molar-refractivity contribution in [3.63, 3.8) is 0 Å². The molecule has 130 valence electrons. The molecule has 0 radical (unpaired) electrons. The molecule has 1 heterocycles. The van der Waals surface area contributed by atoms with Crippen LogP contribution in [0, 0.1) is 0 Å². The highest BCUT2D eigenvalue weighted by atomic mass is 79.9. The van der Waals surface area contributed by atoms with E-state index in [4.69, 9.17) is 0 Å². The van der Waals surface area contributed by atoms with Crippen LogP contribution < -0.4 is 21.5 Å². The molecule has 1 aromatic heterocycles. The molecule has 3 nitrogen and oxygen atoms in total. The van der Waals surface area contributed by atoms with Gasteiger partial charge in [-0.1, -0.05) is 66.7 Å². The third-order valence-electron chi connectivity index (χ3n) is 4.35. The van der Waals surface area contributed by atoms with Gasteiger partial charge >= 0.3 is 0 Å². The number of hydrogen-bond donors (Lipinski definition) is 0. The molecule has 0 aliphatic rings. The van der Waals surface area contributed by atoms with Gasteiger partial charge in [-0.2, -0.15) is 0 Å². The topological polar surface area (TPSA) is 25.9 Å². The maximum Gasteiger partial charge on any atom is 0.244 e. The van der Waals surface area contributed by atoms with E-state index in [1.807, 2.05) is 77.9 Å². The lowest BCUT2D eigenvalue weighted by Crippen LogP contribution is -3.00. The maximum atomic E-state index is 12.6. The zero-order valence-corrected chi connectivity index (χ0v) is 15.8. The third-order valence-corrected chi connectivity index (χ3v) is 4.35. The third kappa shape index (κ3) is 4.09. The zero-order valence-electron chi connectivity index (χ0n) is 14.3. The fourth-order valence-corrected chi connectivity index (χ4v) is 3.04. The van der Waals surface area contributed by atoms with Gasteiger partial charge in [0.15, 0.2) is 6.54 Å². The lowest BCUT2D eigenvalue weighted by molar-refractivity contribution is -0.682. The molecule has 4 heteroatoms. The van der Waals surface area contributed by atoms with Gasteiger partial charge in [-0.25, -0.2) is 9.13 Å². The highest BCUT2D eigenvalue weighted by Gasteiger charge is 2.12. The summed E-state index contributed by atoms with van der Waals surface area (Å²) in [6.45, 7) is 1.15. The minimum absolute atomic E-state index is 0. The molecule has 0 fully saturated rings. The molecule has 0 bridgehead atoms. The molecule has 0 unspecified atom stereocenters. The van der Waals surface area contributed by atoms with Gasteiger partial charge in [-0.3, -0.25) is 4.79 Å². The summed E-state index contributed by atoms with van der Waals surface area (Å²) in [4.78, 5) is 12.6. The van der Waals surface area contributed by atoms with Crippen LogP contribution in [0.4, 0.5) is 0 Å². The maximum absolute atomic E-state index is 12.6. The first-order valence-corrected chi connectivity index (χ1v) is 8.39. The van der Waals surface area contributed by atoms with Crippen molar-refractivity contribution in [2.75, 3.05) is 0 Å². The number of ketones is 1. The number of hydrogen-bond acceptors (Lipinski definition) is 1. The van der Waals surface area contributed by atoms with Gasteiger partial charge in [0.25, 0.3) is 0 Å². The summed E-state index contributed by atoms with van der Waals surface area (Å²) in [5.74, 6) is 0.119. The number of Topliss-reactive ketones (excluding diaryl/α,β-unsaturated/α-hetero) is 1. The molecule has 26 heavy (non-hydrogen) atoms. The molecule has 0 amide bonds. The normalized spacial score (nSPS) is 10.5. The van der Waals surface area contributed by atoms with Crippen molar-refractivity contribution in [1.29, 1.82) is 0 Å². The number of rotatable bonds is 5. The second-order valence-electron chi connectivity index (χ2n) is 6.23. The summed E-state index contributed by atoms with van der Waals surface area (Å²) >= 11 is 0. The first kappa shape index (κ1) is 18.1. The van der Waals surface area contributed by atoms with E-state index >= 15 is 0 Å². The molecule has 0 spiro atoms. The van der Waals surface area contributed by atoms with E-state index in [2.05, 4.69) is 22.8 Å². The minimum Gasteiger partial charge on any atom is -1.00 e. The largest absolute Gasteiger partial charge is 1.00 e. The van der Waals surface area contributed by atoms with Gasteiger partial charge < -0.3 is 17.0 Å². The Hall–Kier alpha value is -2.72. The summed E-state index contributed by atoms with van der Waals surface area (Å²) in [7, 11) is 0. The molecule has 0 aliphatic heterocycles. The Morgan fingerprint density at radius 2 is 1.62 bits per heavy atom. The van der Waals surface area contributed by atoms with E-state index in [-0.39, 0.29) is 22.8 Å². The first-order chi connectivity index (χ1) is 12.3. The molecule has 4 rings (SSSR count). The summed E-state index contributed by atoms with van der Waals surface area (Å²) in [6.07, 6.45) is 5.93. The fraction of sp³-hybridized carbons (Fsp3) is 0.0909. The Balaban J connectivity index is 0.00000196. The Morgan fingerprint density at radius 1 is 0.885 bits per heavy atom. The molecular formula is C22H19BrN2O. The van der Waals surface area contributed by atoms with Crippen molar-refractivity contribution in [3.8, 4) is 0 Å². The molecular weight excluding hydrogens is 388 g/mol. The van der Waals surface area contributed by atoms with Crippen molar-refractivity contribution in [2.24, 2.45) is 0 Å². The van der Waals surface area contributed by atoms with Crippen molar-refractivity contribution in [1.82, 2.24) is 4.57 Å². The Morgan fingerprint density at radius 3 is 2.42 bits per heavy atom. The molecule has 0 atom stereocenters. The quantitative estimate of drug-likeness (QED) is 0.356. The van der Waals surface area contributed by atoms with Gasteiger partial charge in [0.05, 0.1) is 0 Å². The summed E-state index contributed by atoms with van der Waals surface area (Å²) < 4.78 is 4.02. The van der Waals surface area contributed by atoms with E-state index in [0.717, 1.165) is 22.9 Å². The van der Waals surface area contributed by atoms with E-state index < -0.39 is 0 Å². The number of carbonyl (C=O) groups excluding carboxylic acids is 1. The van der Waals surface area contributed by atoms with Crippen LogP contribution in [0.25, 0.3) is 10.8 Å². The van der Waals surface area contributed by atoms with Gasteiger partial charge in [0.1, 0.15) is 18.9 Å². The monoisotopic (exact) mass is 406 g/mol. The molecule has 0 N–H and O–H groups in total. The van der Waals surface area contributed by atoms with Crippen LogP contribution in [-0.4, -0.2) is 10.4 Å². The van der Waals surface area contributed by atoms with Crippen molar-refractivity contribution < 1.29 is 26.3 Å².